The topological polar surface area (TPSA) is 64.8 Å². The monoisotopic (exact) mass is 502 g/mol. The molecule has 196 valence electrons. The van der Waals surface area contributed by atoms with Gasteiger partial charge in [0.05, 0.1) is 18.9 Å². The van der Waals surface area contributed by atoms with Crippen LogP contribution in [0.3, 0.4) is 0 Å². The highest BCUT2D eigenvalue weighted by molar-refractivity contribution is 5.79. The molecule has 1 saturated carbocycles. The fraction of sp³-hybridized carbons (Fsp3) is 0.484. The normalized spacial score (nSPS) is 18.4. The molecule has 0 spiro atoms. The minimum Gasteiger partial charge on any atom is -0.493 e. The third-order valence-corrected chi connectivity index (χ3v) is 7.69. The number of nitrogens with zero attached hydrogens (tertiary/aromatic N) is 2. The molecule has 5 rings (SSSR count). The summed E-state index contributed by atoms with van der Waals surface area (Å²) in [6, 6.07) is 15.8. The Balaban J connectivity index is 1.28. The van der Waals surface area contributed by atoms with E-state index in [2.05, 4.69) is 22.0 Å². The van der Waals surface area contributed by atoms with E-state index < -0.39 is 0 Å². The lowest BCUT2D eigenvalue weighted by molar-refractivity contribution is -0.150. The third kappa shape index (κ3) is 6.07. The van der Waals surface area contributed by atoms with Gasteiger partial charge in [0.25, 0.3) is 0 Å². The van der Waals surface area contributed by atoms with Gasteiger partial charge in [-0.1, -0.05) is 43.5 Å². The van der Waals surface area contributed by atoms with Crippen LogP contribution in [0, 0.1) is 12.8 Å². The molecule has 6 nitrogen and oxygen atoms in total. The maximum Gasteiger partial charge on any atom is 0.328 e. The molecule has 1 unspecified atom stereocenters. The molecule has 1 atom stereocenters. The van der Waals surface area contributed by atoms with Gasteiger partial charge in [0.2, 0.25) is 5.89 Å². The molecule has 0 saturated heterocycles. The average Bonchev–Trinajstić information content (AvgIpc) is 3.30. The van der Waals surface area contributed by atoms with Gasteiger partial charge >= 0.3 is 5.97 Å². The summed E-state index contributed by atoms with van der Waals surface area (Å²) in [4.78, 5) is 20.2. The maximum atomic E-state index is 13.2. The first kappa shape index (κ1) is 25.5. The standard InChI is InChI=1S/C31H38N2O4/c1-3-35-31(34)29-27-20-26(15-14-24(27)16-18-33(29)21-23-10-6-4-7-11-23)36-19-17-28-22(2)37-30(32-28)25-12-8-5-9-13-25/h5,8-9,12-15,20,23,29H,3-4,6-7,10-11,16-19,21H2,1-2H3. The Labute approximate surface area is 220 Å². The molecule has 0 radical (unpaired) electrons. The molecule has 0 amide bonds. The van der Waals surface area contributed by atoms with E-state index in [1.807, 2.05) is 50.2 Å². The van der Waals surface area contributed by atoms with Gasteiger partial charge in [0.15, 0.2) is 0 Å². The van der Waals surface area contributed by atoms with Crippen molar-refractivity contribution in [3.05, 3.63) is 71.1 Å². The predicted octanol–water partition coefficient (Wildman–Crippen LogP) is 6.31. The van der Waals surface area contributed by atoms with Gasteiger partial charge in [-0.25, -0.2) is 9.78 Å². The van der Waals surface area contributed by atoms with Gasteiger partial charge in [0, 0.05) is 25.1 Å². The molecular weight excluding hydrogens is 464 g/mol. The third-order valence-electron chi connectivity index (χ3n) is 7.69. The number of rotatable bonds is 9. The number of oxazole rings is 1. The van der Waals surface area contributed by atoms with Crippen molar-refractivity contribution in [2.75, 3.05) is 26.3 Å². The number of esters is 1. The van der Waals surface area contributed by atoms with Crippen LogP contribution >= 0.6 is 0 Å². The SMILES string of the molecule is CCOC(=O)C1c2cc(OCCc3nc(-c4ccccc4)oc3C)ccc2CCN1CC1CCCCC1. The Bertz CT molecular complexity index is 1180. The van der Waals surface area contributed by atoms with Crippen LogP contribution in [0.5, 0.6) is 5.75 Å². The molecule has 0 N–H and O–H groups in total. The number of aryl methyl sites for hydroxylation is 1. The zero-order valence-electron chi connectivity index (χ0n) is 22.1. The Kier molecular flexibility index (Phi) is 8.24. The van der Waals surface area contributed by atoms with Crippen LogP contribution in [0.4, 0.5) is 0 Å². The van der Waals surface area contributed by atoms with Crippen molar-refractivity contribution in [1.82, 2.24) is 9.88 Å². The van der Waals surface area contributed by atoms with Crippen LogP contribution < -0.4 is 4.74 Å². The second kappa shape index (κ2) is 12.0. The lowest BCUT2D eigenvalue weighted by atomic mass is 9.86. The Hall–Kier alpha value is -3.12. The van der Waals surface area contributed by atoms with Crippen molar-refractivity contribution in [1.29, 1.82) is 0 Å². The minimum atomic E-state index is -0.361. The molecule has 1 fully saturated rings. The van der Waals surface area contributed by atoms with Crippen LogP contribution in [-0.2, 0) is 22.4 Å². The number of benzene rings is 2. The zero-order chi connectivity index (χ0) is 25.6. The molecule has 6 heteroatoms. The Morgan fingerprint density at radius 3 is 2.70 bits per heavy atom. The quantitative estimate of drug-likeness (QED) is 0.319. The van der Waals surface area contributed by atoms with Gasteiger partial charge < -0.3 is 13.9 Å². The van der Waals surface area contributed by atoms with E-state index in [1.54, 1.807) is 0 Å². The molecule has 2 heterocycles. The van der Waals surface area contributed by atoms with E-state index in [9.17, 15) is 4.79 Å². The number of fused-ring (bicyclic) bond motifs is 1. The van der Waals surface area contributed by atoms with E-state index in [4.69, 9.17) is 13.9 Å². The van der Waals surface area contributed by atoms with Crippen molar-refractivity contribution >= 4 is 5.97 Å². The molecule has 2 aromatic carbocycles. The smallest absolute Gasteiger partial charge is 0.328 e. The van der Waals surface area contributed by atoms with Crippen LogP contribution in [-0.4, -0.2) is 42.2 Å². The summed E-state index contributed by atoms with van der Waals surface area (Å²) in [6.45, 7) is 6.54. The highest BCUT2D eigenvalue weighted by atomic mass is 16.5. The molecule has 3 aromatic rings. The fourth-order valence-electron chi connectivity index (χ4n) is 5.76. The van der Waals surface area contributed by atoms with Crippen molar-refractivity contribution in [2.24, 2.45) is 5.92 Å². The molecule has 37 heavy (non-hydrogen) atoms. The van der Waals surface area contributed by atoms with Crippen LogP contribution in [0.1, 0.15) is 67.7 Å². The summed E-state index contributed by atoms with van der Waals surface area (Å²) in [5.41, 5.74) is 4.11. The Morgan fingerprint density at radius 2 is 1.92 bits per heavy atom. The van der Waals surface area contributed by atoms with E-state index in [1.165, 1.54) is 37.7 Å². The van der Waals surface area contributed by atoms with Crippen molar-refractivity contribution in [2.45, 2.75) is 64.8 Å². The van der Waals surface area contributed by atoms with Gasteiger partial charge in [-0.2, -0.15) is 0 Å². The minimum absolute atomic E-state index is 0.150. The molecular formula is C31H38N2O4. The van der Waals surface area contributed by atoms with Crippen molar-refractivity contribution < 1.29 is 18.7 Å². The summed E-state index contributed by atoms with van der Waals surface area (Å²) >= 11 is 0. The van der Waals surface area contributed by atoms with Crippen LogP contribution in [0.25, 0.3) is 11.5 Å². The lowest BCUT2D eigenvalue weighted by Gasteiger charge is -2.38. The van der Waals surface area contributed by atoms with Gasteiger partial charge in [-0.3, -0.25) is 4.90 Å². The molecule has 1 aromatic heterocycles. The van der Waals surface area contributed by atoms with Gasteiger partial charge in [-0.15, -0.1) is 0 Å². The highest BCUT2D eigenvalue weighted by Gasteiger charge is 2.35. The summed E-state index contributed by atoms with van der Waals surface area (Å²) in [7, 11) is 0. The number of hydrogen-bond acceptors (Lipinski definition) is 6. The second-order valence-corrected chi connectivity index (χ2v) is 10.3. The number of carbonyl (C=O) groups is 1. The number of carbonyl (C=O) groups excluding carboxylic acids is 1. The van der Waals surface area contributed by atoms with Gasteiger partial charge in [-0.05, 0) is 74.4 Å². The largest absolute Gasteiger partial charge is 0.493 e. The summed E-state index contributed by atoms with van der Waals surface area (Å²) in [6.07, 6.45) is 8.05. The highest BCUT2D eigenvalue weighted by Crippen LogP contribution is 2.36. The van der Waals surface area contributed by atoms with Gasteiger partial charge in [0.1, 0.15) is 17.6 Å². The first-order chi connectivity index (χ1) is 18.1. The molecule has 0 bridgehead atoms. The zero-order valence-corrected chi connectivity index (χ0v) is 22.1. The average molecular weight is 503 g/mol. The van der Waals surface area contributed by atoms with E-state index in [0.29, 0.717) is 31.4 Å². The van der Waals surface area contributed by atoms with Crippen LogP contribution in [0.2, 0.25) is 0 Å². The number of aromatic nitrogens is 1. The van der Waals surface area contributed by atoms with E-state index in [-0.39, 0.29) is 12.0 Å². The molecule has 1 aliphatic heterocycles. The summed E-state index contributed by atoms with van der Waals surface area (Å²) < 4.78 is 17.6. The van der Waals surface area contributed by atoms with E-state index in [0.717, 1.165) is 47.8 Å². The number of ether oxygens (including phenoxy) is 2. The number of hydrogen-bond donors (Lipinski definition) is 0. The first-order valence-electron chi connectivity index (χ1n) is 13.8. The second-order valence-electron chi connectivity index (χ2n) is 10.3. The first-order valence-corrected chi connectivity index (χ1v) is 13.8. The summed E-state index contributed by atoms with van der Waals surface area (Å²) in [5, 5.41) is 0. The van der Waals surface area contributed by atoms with E-state index >= 15 is 0 Å². The van der Waals surface area contributed by atoms with Crippen LogP contribution in [0.15, 0.2) is 52.9 Å². The Morgan fingerprint density at radius 1 is 1.11 bits per heavy atom. The predicted molar refractivity (Wildman–Crippen MR) is 144 cm³/mol. The van der Waals surface area contributed by atoms with Crippen molar-refractivity contribution in [3.8, 4) is 17.2 Å². The van der Waals surface area contributed by atoms with Crippen molar-refractivity contribution in [3.63, 3.8) is 0 Å². The fourth-order valence-corrected chi connectivity index (χ4v) is 5.76. The lowest BCUT2D eigenvalue weighted by Crippen LogP contribution is -2.43. The maximum absolute atomic E-state index is 13.2. The molecule has 2 aliphatic rings. The summed E-state index contributed by atoms with van der Waals surface area (Å²) in [5.74, 6) is 2.74. The molecule has 1 aliphatic carbocycles.